The Morgan fingerprint density at radius 2 is 1.76 bits per heavy atom. The van der Waals surface area contributed by atoms with Crippen LogP contribution in [0.4, 0.5) is 31.1 Å². The number of carbonyl (C=O) groups is 2. The number of hydrogen-bond donors (Lipinski definition) is 3. The highest BCUT2D eigenvalue weighted by atomic mass is 32.2. The van der Waals surface area contributed by atoms with Crippen LogP contribution in [0.3, 0.4) is 0 Å². The highest BCUT2D eigenvalue weighted by Gasteiger charge is 2.38. The molecule has 0 spiro atoms. The topological polar surface area (TPSA) is 197 Å². The molecular formula is C32H37F6N7O7S2. The largest absolute Gasteiger partial charge is 0.741 e. The molecule has 296 valence electrons. The van der Waals surface area contributed by atoms with E-state index in [1.807, 2.05) is 28.5 Å². The maximum absolute atomic E-state index is 12.0. The van der Waals surface area contributed by atoms with Gasteiger partial charge in [0, 0.05) is 31.0 Å². The van der Waals surface area contributed by atoms with Crippen LogP contribution >= 0.6 is 11.3 Å². The highest BCUT2D eigenvalue weighted by Crippen LogP contribution is 2.34. The monoisotopic (exact) mass is 809 g/mol. The van der Waals surface area contributed by atoms with Crippen LogP contribution in [0, 0.1) is 0 Å². The van der Waals surface area contributed by atoms with E-state index in [9.17, 15) is 31.1 Å². The Labute approximate surface area is 309 Å². The van der Waals surface area contributed by atoms with Crippen LogP contribution in [-0.4, -0.2) is 94.3 Å². The number of aromatic nitrogens is 4. The third-order valence-corrected chi connectivity index (χ3v) is 8.91. The number of benzene rings is 2. The molecule has 0 aliphatic carbocycles. The average Bonchev–Trinajstić information content (AvgIpc) is 3.84. The number of urea groups is 1. The van der Waals surface area contributed by atoms with Crippen molar-refractivity contribution in [2.24, 2.45) is 12.8 Å². The summed E-state index contributed by atoms with van der Waals surface area (Å²) in [5, 5.41) is 17.7. The number of aryl methyl sites for hydroxylation is 4. The van der Waals surface area contributed by atoms with Gasteiger partial charge in [-0.25, -0.2) is 23.0 Å². The van der Waals surface area contributed by atoms with Gasteiger partial charge in [0.05, 0.1) is 23.0 Å². The van der Waals surface area contributed by atoms with Crippen molar-refractivity contribution in [2.75, 3.05) is 32.8 Å². The van der Waals surface area contributed by atoms with Gasteiger partial charge < -0.3 is 30.3 Å². The molecule has 2 amide bonds. The standard InChI is InChI=1S/C29H35N7O2S.C2HF3O2.CHF3O3S/c1-34-25(9-5-6-14-30)20-36(33-34)24-12-13-26(27(19-24)38-18-17-35-16-15-31-29(35)37)28-32-23(21-39-28)11-10-22-7-3-2-4-8-22;3-2(4,5)1(6)7;2-1(3,4)8(5,6)7/h2-4,7-8,12-13,19-21H,5-6,9-11,14-18,30H2,1H3;(H,6,7);(H,5,6,7). The lowest BCUT2D eigenvalue weighted by atomic mass is 10.1. The molecule has 1 aliphatic rings. The lowest BCUT2D eigenvalue weighted by Crippen LogP contribution is -2.35. The summed E-state index contributed by atoms with van der Waals surface area (Å²) in [6, 6.07) is 16.6. The van der Waals surface area contributed by atoms with Crippen molar-refractivity contribution >= 4 is 33.5 Å². The highest BCUT2D eigenvalue weighted by molar-refractivity contribution is 7.86. The maximum atomic E-state index is 12.0. The van der Waals surface area contributed by atoms with Crippen LogP contribution in [-0.2, 0) is 41.2 Å². The number of rotatable bonds is 13. The molecule has 2 aromatic carbocycles. The van der Waals surface area contributed by atoms with Crippen LogP contribution in [0.25, 0.3) is 16.3 Å². The quantitative estimate of drug-likeness (QED) is 0.0585. The first-order valence-corrected chi connectivity index (χ1v) is 18.3. The van der Waals surface area contributed by atoms with E-state index in [1.165, 1.54) is 5.56 Å². The average molecular weight is 810 g/mol. The van der Waals surface area contributed by atoms with E-state index in [4.69, 9.17) is 38.3 Å². The first-order valence-electron chi connectivity index (χ1n) is 16.1. The van der Waals surface area contributed by atoms with Crippen molar-refractivity contribution in [2.45, 2.75) is 43.8 Å². The number of carboxylic acid groups (broad SMARTS) is 1. The summed E-state index contributed by atoms with van der Waals surface area (Å²) in [6.07, 6.45) is 1.77. The number of nitrogens with one attached hydrogen (secondary N) is 1. The predicted molar refractivity (Wildman–Crippen MR) is 182 cm³/mol. The van der Waals surface area contributed by atoms with E-state index in [1.54, 1.807) is 16.2 Å². The molecule has 1 fully saturated rings. The molecule has 1 aliphatic heterocycles. The lowest BCUT2D eigenvalue weighted by Gasteiger charge is -2.16. The second-order valence-corrected chi connectivity index (χ2v) is 13.6. The normalized spacial score (nSPS) is 13.1. The van der Waals surface area contributed by atoms with Gasteiger partial charge in [0.1, 0.15) is 24.4 Å². The maximum Gasteiger partial charge on any atom is 0.490 e. The fourth-order valence-electron chi connectivity index (χ4n) is 4.66. The minimum Gasteiger partial charge on any atom is -0.741 e. The fraction of sp³-hybridized carbons (Fsp3) is 0.406. The van der Waals surface area contributed by atoms with Crippen LogP contribution in [0.2, 0.25) is 0 Å². The second kappa shape index (κ2) is 19.5. The van der Waals surface area contributed by atoms with Crippen molar-refractivity contribution in [3.8, 4) is 22.0 Å². The fourth-order valence-corrected chi connectivity index (χ4v) is 5.54. The first kappa shape index (κ1) is 43.6. The molecule has 0 radical (unpaired) electrons. The van der Waals surface area contributed by atoms with E-state index in [2.05, 4.69) is 58.5 Å². The molecule has 0 bridgehead atoms. The Hall–Kier alpha value is -4.80. The van der Waals surface area contributed by atoms with Gasteiger partial charge in [-0.1, -0.05) is 30.3 Å². The summed E-state index contributed by atoms with van der Waals surface area (Å²) in [7, 11) is -4.12. The van der Waals surface area contributed by atoms with Gasteiger partial charge in [0.2, 0.25) is 0 Å². The number of nitrogens with two attached hydrogens (primary N) is 1. The number of carboxylic acids is 1. The van der Waals surface area contributed by atoms with Crippen LogP contribution in [0.5, 0.6) is 5.75 Å². The third-order valence-electron chi connectivity index (χ3n) is 7.42. The minimum atomic E-state index is -6.09. The van der Waals surface area contributed by atoms with Gasteiger partial charge in [-0.05, 0) is 49.9 Å². The Morgan fingerprint density at radius 1 is 1.09 bits per heavy atom. The first-order chi connectivity index (χ1) is 25.3. The van der Waals surface area contributed by atoms with Gasteiger partial charge in [-0.15, -0.1) is 20.7 Å². The van der Waals surface area contributed by atoms with Crippen LogP contribution in [0.1, 0.15) is 29.8 Å². The van der Waals surface area contributed by atoms with Gasteiger partial charge >= 0.3 is 23.7 Å². The van der Waals surface area contributed by atoms with Crippen molar-refractivity contribution < 1.29 is 63.4 Å². The van der Waals surface area contributed by atoms with Gasteiger partial charge in [0.15, 0.2) is 27.7 Å². The summed E-state index contributed by atoms with van der Waals surface area (Å²) in [4.78, 5) is 27.6. The van der Waals surface area contributed by atoms with Gasteiger partial charge in [-0.3, -0.25) is 0 Å². The number of thiazole rings is 1. The summed E-state index contributed by atoms with van der Waals surface area (Å²) in [5.41, 5.74) is 5.41. The molecule has 0 saturated carbocycles. The molecule has 5 rings (SSSR count). The molecule has 4 aromatic rings. The molecule has 3 heterocycles. The summed E-state index contributed by atoms with van der Waals surface area (Å²) >= 11 is 1.63. The van der Waals surface area contributed by atoms with Crippen molar-refractivity contribution in [3.63, 3.8) is 0 Å². The van der Waals surface area contributed by atoms with E-state index >= 15 is 0 Å². The summed E-state index contributed by atoms with van der Waals surface area (Å²) in [5.74, 6) is -2.02. The molecule has 2 aromatic heterocycles. The van der Waals surface area contributed by atoms with Gasteiger partial charge in [0.25, 0.3) is 0 Å². The number of ether oxygens (including phenoxy) is 1. The number of aliphatic carboxylic acids is 1. The SMILES string of the molecule is C[n+]1nn(-c2ccc(-c3nc(CCc4ccccc4)cs3)c(OCCN3CCNC3=O)c2)cc1CCCCN.O=C(O)C(F)(F)F.O=S(=O)([O-])C(F)(F)F. The molecule has 14 nitrogen and oxygen atoms in total. The third kappa shape index (κ3) is 13.6. The van der Waals surface area contributed by atoms with E-state index in [0.29, 0.717) is 32.8 Å². The zero-order valence-corrected chi connectivity index (χ0v) is 30.3. The molecule has 4 N–H and O–H groups in total. The van der Waals surface area contributed by atoms with Crippen LogP contribution < -0.4 is 20.5 Å². The Kier molecular flexibility index (Phi) is 15.7. The number of hydrogen-bond acceptors (Lipinski definition) is 10. The molecular weight excluding hydrogens is 773 g/mol. The number of unbranched alkanes of at least 4 members (excludes halogenated alkanes) is 1. The van der Waals surface area contributed by atoms with E-state index in [-0.39, 0.29) is 6.03 Å². The van der Waals surface area contributed by atoms with Crippen molar-refractivity contribution in [1.82, 2.24) is 25.1 Å². The number of nitrogens with zero attached hydrogens (tertiary/aromatic N) is 5. The summed E-state index contributed by atoms with van der Waals surface area (Å²) < 4.78 is 101. The Balaban J connectivity index is 0.000000441. The zero-order valence-electron chi connectivity index (χ0n) is 28.6. The van der Waals surface area contributed by atoms with Crippen molar-refractivity contribution in [1.29, 1.82) is 0 Å². The molecule has 0 atom stereocenters. The molecule has 1 saturated heterocycles. The predicted octanol–water partition coefficient (Wildman–Crippen LogP) is 3.98. The summed E-state index contributed by atoms with van der Waals surface area (Å²) in [6.45, 7) is 2.99. The second-order valence-electron chi connectivity index (χ2n) is 11.4. The number of halogens is 6. The van der Waals surface area contributed by atoms with Crippen LogP contribution in [0.15, 0.2) is 60.1 Å². The molecule has 22 heteroatoms. The van der Waals surface area contributed by atoms with E-state index < -0.39 is 27.8 Å². The number of carbonyl (C=O) groups excluding carboxylic acids is 1. The molecule has 54 heavy (non-hydrogen) atoms. The van der Waals surface area contributed by atoms with Crippen molar-refractivity contribution in [3.05, 3.63) is 77.1 Å². The molecule has 0 unspecified atom stereocenters. The Morgan fingerprint density at radius 3 is 2.33 bits per heavy atom. The lowest BCUT2D eigenvalue weighted by molar-refractivity contribution is -0.738. The Bertz CT molecular complexity index is 1940. The smallest absolute Gasteiger partial charge is 0.490 e. The number of alkyl halides is 6. The zero-order chi connectivity index (χ0) is 40.1. The minimum absolute atomic E-state index is 0.0400. The number of amides is 2. The van der Waals surface area contributed by atoms with Gasteiger partial charge in [-0.2, -0.15) is 26.3 Å². The van der Waals surface area contributed by atoms with E-state index in [0.717, 1.165) is 65.5 Å².